The summed E-state index contributed by atoms with van der Waals surface area (Å²) in [5.41, 5.74) is 11.6. The van der Waals surface area contributed by atoms with Crippen LogP contribution in [0.1, 0.15) is 30.4 Å². The van der Waals surface area contributed by atoms with Crippen LogP contribution in [0.15, 0.2) is 42.5 Å². The van der Waals surface area contributed by atoms with E-state index in [0.717, 1.165) is 44.6 Å². The van der Waals surface area contributed by atoms with Gasteiger partial charge in [0.2, 0.25) is 0 Å². The van der Waals surface area contributed by atoms with E-state index in [4.69, 9.17) is 31.8 Å². The molecule has 7 nitrogen and oxygen atoms in total. The third-order valence-electron chi connectivity index (χ3n) is 5.48. The van der Waals surface area contributed by atoms with Gasteiger partial charge in [0.1, 0.15) is 29.0 Å². The van der Waals surface area contributed by atoms with Crippen LogP contribution in [0.4, 0.5) is 4.39 Å². The van der Waals surface area contributed by atoms with E-state index in [2.05, 4.69) is 4.90 Å². The Balaban J connectivity index is 0.00000363. The van der Waals surface area contributed by atoms with Crippen LogP contribution in [0.5, 0.6) is 11.5 Å². The Morgan fingerprint density at radius 3 is 2.22 bits per heavy atom. The molecular formula is C23H31ClFN5O2. The molecule has 1 saturated heterocycles. The van der Waals surface area contributed by atoms with Gasteiger partial charge in [0, 0.05) is 18.2 Å². The number of benzene rings is 2. The summed E-state index contributed by atoms with van der Waals surface area (Å²) in [6.45, 7) is 4.21. The molecule has 1 heterocycles. The molecule has 0 aliphatic carbocycles. The lowest BCUT2D eigenvalue weighted by Crippen LogP contribution is -2.36. The zero-order valence-corrected chi connectivity index (χ0v) is 18.8. The standard InChI is InChI=1S/C23H30FN5O2.ClH/c24-21-14-19(6-7-20(21)23(27)28)31-15-16-8-11-29(12-9-16)10-1-13-30-18-4-2-17(3-5-18)22(25)26;/h2-7,14,16H,1,8-13,15H2,(H3,25,26)(H3,27,28);1H. The van der Waals surface area contributed by atoms with Crippen LogP contribution < -0.4 is 20.9 Å². The monoisotopic (exact) mass is 463 g/mol. The van der Waals surface area contributed by atoms with Gasteiger partial charge in [0.15, 0.2) is 0 Å². The van der Waals surface area contributed by atoms with Crippen LogP contribution >= 0.6 is 12.4 Å². The van der Waals surface area contributed by atoms with Gasteiger partial charge in [-0.25, -0.2) is 4.39 Å². The van der Waals surface area contributed by atoms with E-state index < -0.39 is 5.82 Å². The number of likely N-dealkylation sites (tertiary alicyclic amines) is 1. The van der Waals surface area contributed by atoms with Crippen molar-refractivity contribution in [3.63, 3.8) is 0 Å². The second kappa shape index (κ2) is 12.3. The highest BCUT2D eigenvalue weighted by atomic mass is 35.5. The minimum absolute atomic E-state index is 0. The quantitative estimate of drug-likeness (QED) is 0.244. The minimum atomic E-state index is -0.531. The first-order valence-electron chi connectivity index (χ1n) is 10.5. The molecule has 2 aromatic carbocycles. The SMILES string of the molecule is Cl.N=C(N)c1ccc(OCCCN2CCC(COc3ccc(C(=N)N)c(F)c3)CC2)cc1. The molecule has 32 heavy (non-hydrogen) atoms. The molecule has 0 bridgehead atoms. The van der Waals surface area contributed by atoms with Crippen molar-refractivity contribution < 1.29 is 13.9 Å². The summed E-state index contributed by atoms with van der Waals surface area (Å²) < 4.78 is 25.4. The smallest absolute Gasteiger partial charge is 0.137 e. The van der Waals surface area contributed by atoms with Gasteiger partial charge in [0.25, 0.3) is 0 Å². The molecule has 0 spiro atoms. The van der Waals surface area contributed by atoms with E-state index in [1.54, 1.807) is 18.2 Å². The average molecular weight is 464 g/mol. The third-order valence-corrected chi connectivity index (χ3v) is 5.48. The molecule has 3 rings (SSSR count). The number of halogens is 2. The number of rotatable bonds is 10. The summed E-state index contributed by atoms with van der Waals surface area (Å²) in [5.74, 6) is 0.942. The van der Waals surface area contributed by atoms with Gasteiger partial charge in [-0.1, -0.05) is 0 Å². The van der Waals surface area contributed by atoms with Crippen LogP contribution in [-0.4, -0.2) is 49.4 Å². The van der Waals surface area contributed by atoms with Crippen molar-refractivity contribution >= 4 is 24.1 Å². The number of nitrogen functional groups attached to an aromatic ring is 2. The highest BCUT2D eigenvalue weighted by molar-refractivity contribution is 5.95. The van der Waals surface area contributed by atoms with E-state index in [9.17, 15) is 4.39 Å². The fourth-order valence-electron chi connectivity index (χ4n) is 3.60. The number of nitrogens with two attached hydrogens (primary N) is 2. The molecule has 1 fully saturated rings. The summed E-state index contributed by atoms with van der Waals surface area (Å²) >= 11 is 0. The van der Waals surface area contributed by atoms with Crippen LogP contribution in [-0.2, 0) is 0 Å². The minimum Gasteiger partial charge on any atom is -0.494 e. The normalized spacial score (nSPS) is 14.4. The zero-order chi connectivity index (χ0) is 22.2. The van der Waals surface area contributed by atoms with Gasteiger partial charge >= 0.3 is 0 Å². The Kier molecular flexibility index (Phi) is 9.74. The molecule has 9 heteroatoms. The Labute approximate surface area is 194 Å². The van der Waals surface area contributed by atoms with Gasteiger partial charge in [-0.3, -0.25) is 10.8 Å². The Hall–Kier alpha value is -2.84. The molecule has 0 aromatic heterocycles. The molecule has 6 N–H and O–H groups in total. The predicted octanol–water partition coefficient (Wildman–Crippen LogP) is 3.38. The van der Waals surface area contributed by atoms with Crippen LogP contribution in [0, 0.1) is 22.6 Å². The molecule has 2 aromatic rings. The first-order chi connectivity index (χ1) is 14.9. The average Bonchev–Trinajstić information content (AvgIpc) is 2.76. The maximum atomic E-state index is 13.9. The van der Waals surface area contributed by atoms with Crippen LogP contribution in [0.25, 0.3) is 0 Å². The zero-order valence-electron chi connectivity index (χ0n) is 18.0. The van der Waals surface area contributed by atoms with E-state index >= 15 is 0 Å². The topological polar surface area (TPSA) is 121 Å². The van der Waals surface area contributed by atoms with Gasteiger partial charge in [-0.05, 0) is 74.7 Å². The van der Waals surface area contributed by atoms with Gasteiger partial charge in [0.05, 0.1) is 18.8 Å². The van der Waals surface area contributed by atoms with E-state index in [0.29, 0.717) is 30.4 Å². The second-order valence-corrected chi connectivity index (χ2v) is 7.79. The first-order valence-corrected chi connectivity index (χ1v) is 10.5. The van der Waals surface area contributed by atoms with Crippen molar-refractivity contribution in [1.82, 2.24) is 4.90 Å². The summed E-state index contributed by atoms with van der Waals surface area (Å²) in [7, 11) is 0. The number of nitrogens with one attached hydrogen (secondary N) is 2. The molecule has 0 amide bonds. The number of hydrogen-bond acceptors (Lipinski definition) is 5. The maximum absolute atomic E-state index is 13.9. The largest absolute Gasteiger partial charge is 0.494 e. The molecule has 0 unspecified atom stereocenters. The Morgan fingerprint density at radius 2 is 1.62 bits per heavy atom. The van der Waals surface area contributed by atoms with Crippen LogP contribution in [0.2, 0.25) is 0 Å². The van der Waals surface area contributed by atoms with Gasteiger partial charge < -0.3 is 25.8 Å². The van der Waals surface area contributed by atoms with Crippen molar-refractivity contribution in [2.24, 2.45) is 17.4 Å². The number of hydrogen-bond donors (Lipinski definition) is 4. The van der Waals surface area contributed by atoms with Crippen molar-refractivity contribution in [3.05, 3.63) is 59.4 Å². The molecular weight excluding hydrogens is 433 g/mol. The molecule has 0 saturated carbocycles. The lowest BCUT2D eigenvalue weighted by molar-refractivity contribution is 0.135. The van der Waals surface area contributed by atoms with E-state index in [-0.39, 0.29) is 29.6 Å². The fraction of sp³-hybridized carbons (Fsp3) is 0.391. The maximum Gasteiger partial charge on any atom is 0.137 e. The number of nitrogens with zero attached hydrogens (tertiary/aromatic N) is 1. The summed E-state index contributed by atoms with van der Waals surface area (Å²) in [4.78, 5) is 2.43. The van der Waals surface area contributed by atoms with E-state index in [1.807, 2.05) is 12.1 Å². The van der Waals surface area contributed by atoms with Crippen molar-refractivity contribution in [2.75, 3.05) is 32.8 Å². The van der Waals surface area contributed by atoms with Crippen molar-refractivity contribution in [1.29, 1.82) is 10.8 Å². The Bertz CT molecular complexity index is 902. The summed E-state index contributed by atoms with van der Waals surface area (Å²) in [6, 6.07) is 11.7. The highest BCUT2D eigenvalue weighted by Gasteiger charge is 2.19. The van der Waals surface area contributed by atoms with Crippen molar-refractivity contribution in [2.45, 2.75) is 19.3 Å². The van der Waals surface area contributed by atoms with Gasteiger partial charge in [-0.15, -0.1) is 12.4 Å². The van der Waals surface area contributed by atoms with Crippen molar-refractivity contribution in [3.8, 4) is 11.5 Å². The number of ether oxygens (including phenoxy) is 2. The van der Waals surface area contributed by atoms with Crippen LogP contribution in [0.3, 0.4) is 0 Å². The third kappa shape index (κ3) is 7.39. The summed E-state index contributed by atoms with van der Waals surface area (Å²) in [5, 5.41) is 14.7. The highest BCUT2D eigenvalue weighted by Crippen LogP contribution is 2.21. The molecule has 1 aliphatic rings. The molecule has 1 aliphatic heterocycles. The predicted molar refractivity (Wildman–Crippen MR) is 127 cm³/mol. The number of amidine groups is 2. The Morgan fingerprint density at radius 1 is 0.969 bits per heavy atom. The van der Waals surface area contributed by atoms with E-state index in [1.165, 1.54) is 12.1 Å². The molecule has 0 radical (unpaired) electrons. The lowest BCUT2D eigenvalue weighted by Gasteiger charge is -2.31. The molecule has 0 atom stereocenters. The lowest BCUT2D eigenvalue weighted by atomic mass is 9.97. The second-order valence-electron chi connectivity index (χ2n) is 7.79. The summed E-state index contributed by atoms with van der Waals surface area (Å²) in [6.07, 6.45) is 3.03. The fourth-order valence-corrected chi connectivity index (χ4v) is 3.60. The first kappa shape index (κ1) is 25.4. The number of piperidine rings is 1. The van der Waals surface area contributed by atoms with Gasteiger partial charge in [-0.2, -0.15) is 0 Å². The molecule has 174 valence electrons.